The van der Waals surface area contributed by atoms with Gasteiger partial charge >= 0.3 is 5.97 Å². The molecular weight excluding hydrogens is 382 g/mol. The molecule has 0 aliphatic carbocycles. The third kappa shape index (κ3) is 4.38. The molecule has 1 aliphatic heterocycles. The molecule has 0 saturated heterocycles. The number of carbonyl (C=O) groups excluding carboxylic acids is 1. The molecule has 0 radical (unpaired) electrons. The fourth-order valence-electron chi connectivity index (χ4n) is 3.37. The summed E-state index contributed by atoms with van der Waals surface area (Å²) in [5.74, 6) is -0.512. The van der Waals surface area contributed by atoms with Gasteiger partial charge in [0.15, 0.2) is 11.6 Å². The zero-order valence-corrected chi connectivity index (χ0v) is 16.1. The van der Waals surface area contributed by atoms with Crippen molar-refractivity contribution in [1.82, 2.24) is 9.97 Å². The molecule has 4 N–H and O–H groups in total. The second kappa shape index (κ2) is 8.60. The van der Waals surface area contributed by atoms with Crippen LogP contribution in [0.4, 0.5) is 17.3 Å². The van der Waals surface area contributed by atoms with Crippen LogP contribution in [0.1, 0.15) is 11.1 Å². The van der Waals surface area contributed by atoms with E-state index in [9.17, 15) is 14.7 Å². The molecule has 4 rings (SSSR count). The molecule has 0 fully saturated rings. The maximum Gasteiger partial charge on any atom is 0.326 e. The Kier molecular flexibility index (Phi) is 5.56. The first-order valence-corrected chi connectivity index (χ1v) is 9.60. The number of hydrogen-bond donors (Lipinski definition) is 4. The Balaban J connectivity index is 1.53. The molecule has 8 nitrogen and oxygen atoms in total. The van der Waals surface area contributed by atoms with Crippen LogP contribution in [0.2, 0.25) is 0 Å². The van der Waals surface area contributed by atoms with Gasteiger partial charge in [0.2, 0.25) is 5.91 Å². The summed E-state index contributed by atoms with van der Waals surface area (Å²) in [5, 5.41) is 18.5. The SMILES string of the molecule is O=C1Nc2c(ncnc2N[C@@H](Cc2ccccc2)C(=O)O)NC1Cc1ccccc1. The Hall–Kier alpha value is -3.94. The van der Waals surface area contributed by atoms with Gasteiger partial charge in [-0.15, -0.1) is 0 Å². The average Bonchev–Trinajstić information content (AvgIpc) is 2.76. The number of benzene rings is 2. The highest BCUT2D eigenvalue weighted by atomic mass is 16.4. The van der Waals surface area contributed by atoms with E-state index in [1.807, 2.05) is 60.7 Å². The van der Waals surface area contributed by atoms with Crippen LogP contribution in [-0.2, 0) is 22.4 Å². The highest BCUT2D eigenvalue weighted by Crippen LogP contribution is 2.31. The van der Waals surface area contributed by atoms with Crippen LogP contribution in [0.25, 0.3) is 0 Å². The minimum absolute atomic E-state index is 0.223. The zero-order chi connectivity index (χ0) is 20.9. The molecule has 2 aromatic carbocycles. The van der Waals surface area contributed by atoms with Crippen molar-refractivity contribution in [2.24, 2.45) is 0 Å². The summed E-state index contributed by atoms with van der Waals surface area (Å²) in [6.07, 6.45) is 2.12. The van der Waals surface area contributed by atoms with Crippen molar-refractivity contribution < 1.29 is 14.7 Å². The van der Waals surface area contributed by atoms with Gasteiger partial charge < -0.3 is 21.1 Å². The molecule has 30 heavy (non-hydrogen) atoms. The highest BCUT2D eigenvalue weighted by molar-refractivity contribution is 6.05. The van der Waals surface area contributed by atoms with E-state index in [1.54, 1.807) is 0 Å². The van der Waals surface area contributed by atoms with E-state index in [2.05, 4.69) is 25.9 Å². The van der Waals surface area contributed by atoms with Gasteiger partial charge in [-0.1, -0.05) is 60.7 Å². The second-order valence-electron chi connectivity index (χ2n) is 7.05. The maximum atomic E-state index is 12.7. The Labute approximate surface area is 173 Å². The number of anilines is 3. The molecule has 1 unspecified atom stereocenters. The van der Waals surface area contributed by atoms with Gasteiger partial charge in [-0.25, -0.2) is 14.8 Å². The number of amides is 1. The van der Waals surface area contributed by atoms with Crippen molar-refractivity contribution in [3.8, 4) is 0 Å². The van der Waals surface area contributed by atoms with E-state index in [0.717, 1.165) is 11.1 Å². The van der Waals surface area contributed by atoms with Crippen LogP contribution in [0.5, 0.6) is 0 Å². The largest absolute Gasteiger partial charge is 0.480 e. The van der Waals surface area contributed by atoms with Crippen LogP contribution < -0.4 is 16.0 Å². The van der Waals surface area contributed by atoms with E-state index in [0.29, 0.717) is 17.9 Å². The van der Waals surface area contributed by atoms with Crippen molar-refractivity contribution in [2.45, 2.75) is 24.9 Å². The van der Waals surface area contributed by atoms with E-state index in [1.165, 1.54) is 6.33 Å². The Morgan fingerprint density at radius 2 is 1.70 bits per heavy atom. The number of rotatable bonds is 7. The first kappa shape index (κ1) is 19.4. The topological polar surface area (TPSA) is 116 Å². The minimum Gasteiger partial charge on any atom is -0.480 e. The van der Waals surface area contributed by atoms with Crippen molar-refractivity contribution in [3.05, 3.63) is 78.1 Å². The lowest BCUT2D eigenvalue weighted by Crippen LogP contribution is -2.41. The molecule has 152 valence electrons. The number of nitrogens with one attached hydrogen (secondary N) is 3. The normalized spacial score (nSPS) is 16.0. The van der Waals surface area contributed by atoms with Gasteiger partial charge in [-0.2, -0.15) is 0 Å². The maximum absolute atomic E-state index is 12.7. The molecule has 2 atom stereocenters. The van der Waals surface area contributed by atoms with Crippen molar-refractivity contribution in [1.29, 1.82) is 0 Å². The fraction of sp³-hybridized carbons (Fsp3) is 0.182. The molecule has 1 aliphatic rings. The van der Waals surface area contributed by atoms with Crippen LogP contribution >= 0.6 is 0 Å². The summed E-state index contributed by atoms with van der Waals surface area (Å²) in [5.41, 5.74) is 2.26. The van der Waals surface area contributed by atoms with Gasteiger partial charge in [-0.05, 0) is 11.1 Å². The Morgan fingerprint density at radius 1 is 1.03 bits per heavy atom. The fourth-order valence-corrected chi connectivity index (χ4v) is 3.37. The lowest BCUT2D eigenvalue weighted by atomic mass is 10.0. The summed E-state index contributed by atoms with van der Waals surface area (Å²) < 4.78 is 0. The molecule has 1 aromatic heterocycles. The molecule has 3 aromatic rings. The standard InChI is InChI=1S/C22H21N5O3/c28-21-16(11-14-7-3-1-4-8-14)25-19-18(27-21)20(24-13-23-19)26-17(22(29)30)12-15-9-5-2-6-10-15/h1-10,13,16-17H,11-12H2,(H,27,28)(H,29,30)(H2,23,24,25,26)/t16?,17-/m0/s1. The van der Waals surface area contributed by atoms with Gasteiger partial charge in [0.25, 0.3) is 0 Å². The summed E-state index contributed by atoms with van der Waals surface area (Å²) >= 11 is 0. The molecule has 2 heterocycles. The number of hydrogen-bond acceptors (Lipinski definition) is 6. The van der Waals surface area contributed by atoms with Crippen LogP contribution in [0, 0.1) is 0 Å². The molecule has 1 amide bonds. The van der Waals surface area contributed by atoms with E-state index in [4.69, 9.17) is 0 Å². The second-order valence-corrected chi connectivity index (χ2v) is 7.05. The minimum atomic E-state index is -1.01. The summed E-state index contributed by atoms with van der Waals surface area (Å²) in [6, 6.07) is 17.6. The number of carbonyl (C=O) groups is 2. The predicted octanol–water partition coefficient (Wildman–Crippen LogP) is 2.56. The molecular formula is C22H21N5O3. The lowest BCUT2D eigenvalue weighted by Gasteiger charge is -2.28. The summed E-state index contributed by atoms with van der Waals surface area (Å²) in [6.45, 7) is 0. The quantitative estimate of drug-likeness (QED) is 0.479. The third-order valence-electron chi connectivity index (χ3n) is 4.90. The smallest absolute Gasteiger partial charge is 0.326 e. The molecule has 8 heteroatoms. The first-order chi connectivity index (χ1) is 14.6. The summed E-state index contributed by atoms with van der Waals surface area (Å²) in [7, 11) is 0. The summed E-state index contributed by atoms with van der Waals surface area (Å²) in [4.78, 5) is 32.8. The van der Waals surface area contributed by atoms with Gasteiger partial charge in [-0.3, -0.25) is 4.79 Å². The van der Waals surface area contributed by atoms with E-state index >= 15 is 0 Å². The molecule has 0 spiro atoms. The van der Waals surface area contributed by atoms with E-state index < -0.39 is 18.1 Å². The predicted molar refractivity (Wildman–Crippen MR) is 113 cm³/mol. The van der Waals surface area contributed by atoms with Crippen molar-refractivity contribution >= 4 is 29.2 Å². The zero-order valence-electron chi connectivity index (χ0n) is 16.1. The molecule has 0 saturated carbocycles. The first-order valence-electron chi connectivity index (χ1n) is 9.60. The Morgan fingerprint density at radius 3 is 2.37 bits per heavy atom. The number of fused-ring (bicyclic) bond motifs is 1. The van der Waals surface area contributed by atoms with Gasteiger partial charge in [0.05, 0.1) is 0 Å². The van der Waals surface area contributed by atoms with Crippen molar-refractivity contribution in [2.75, 3.05) is 16.0 Å². The lowest BCUT2D eigenvalue weighted by molar-refractivity contribution is -0.137. The number of carboxylic acids is 1. The van der Waals surface area contributed by atoms with Gasteiger partial charge in [0.1, 0.15) is 24.1 Å². The monoisotopic (exact) mass is 403 g/mol. The number of aliphatic carboxylic acids is 1. The van der Waals surface area contributed by atoms with Crippen LogP contribution in [0.15, 0.2) is 67.0 Å². The number of aromatic nitrogens is 2. The Bertz CT molecular complexity index is 1040. The number of nitrogens with zero attached hydrogens (tertiary/aromatic N) is 2. The van der Waals surface area contributed by atoms with Crippen molar-refractivity contribution in [3.63, 3.8) is 0 Å². The third-order valence-corrected chi connectivity index (χ3v) is 4.90. The highest BCUT2D eigenvalue weighted by Gasteiger charge is 2.30. The molecule has 0 bridgehead atoms. The average molecular weight is 403 g/mol. The van der Waals surface area contributed by atoms with Crippen LogP contribution in [0.3, 0.4) is 0 Å². The van der Waals surface area contributed by atoms with Gasteiger partial charge in [0, 0.05) is 12.8 Å². The van der Waals surface area contributed by atoms with Crippen LogP contribution in [-0.4, -0.2) is 39.0 Å². The van der Waals surface area contributed by atoms with E-state index in [-0.39, 0.29) is 18.1 Å². The number of carboxylic acid groups (broad SMARTS) is 1.